The number of nitrogens with zero attached hydrogens (tertiary/aromatic N) is 3. The second-order valence-electron chi connectivity index (χ2n) is 9.78. The molecule has 0 saturated carbocycles. The van der Waals surface area contributed by atoms with Crippen LogP contribution in [0.1, 0.15) is 38.2 Å². The molecule has 0 fully saturated rings. The van der Waals surface area contributed by atoms with Gasteiger partial charge >= 0.3 is 5.97 Å². The van der Waals surface area contributed by atoms with Crippen LogP contribution in [0.15, 0.2) is 60.4 Å². The van der Waals surface area contributed by atoms with Gasteiger partial charge in [-0.1, -0.05) is 24.3 Å². The molecule has 0 unspecified atom stereocenters. The fraction of sp³-hybridized carbons (Fsp3) is 0.172. The number of fused-ring (bicyclic) bond motifs is 1. The van der Waals surface area contributed by atoms with E-state index in [0.29, 0.717) is 28.0 Å². The van der Waals surface area contributed by atoms with Gasteiger partial charge in [-0.3, -0.25) is 9.59 Å². The van der Waals surface area contributed by atoms with Crippen LogP contribution in [0.25, 0.3) is 11.8 Å². The van der Waals surface area contributed by atoms with Crippen molar-refractivity contribution >= 4 is 33.5 Å². The van der Waals surface area contributed by atoms with E-state index in [-0.39, 0.29) is 35.2 Å². The molecule has 12 heteroatoms. The quantitative estimate of drug-likeness (QED) is 0.279. The number of sulfone groups is 1. The molecule has 2 heterocycles. The first-order chi connectivity index (χ1) is 19.4. The summed E-state index contributed by atoms with van der Waals surface area (Å²) in [5.74, 6) is -3.29. The van der Waals surface area contributed by atoms with Crippen LogP contribution in [0.4, 0.5) is 10.2 Å². The molecule has 2 aromatic carbocycles. The van der Waals surface area contributed by atoms with E-state index in [9.17, 15) is 22.4 Å². The summed E-state index contributed by atoms with van der Waals surface area (Å²) in [5.41, 5.74) is 10.9. The second-order valence-corrected chi connectivity index (χ2v) is 11.8. The zero-order chi connectivity index (χ0) is 29.5. The molecule has 41 heavy (non-hydrogen) atoms. The van der Waals surface area contributed by atoms with Crippen LogP contribution in [0.3, 0.4) is 0 Å². The Bertz CT molecular complexity index is 1860. The number of aromatic nitrogens is 3. The molecule has 0 saturated heterocycles. The summed E-state index contributed by atoms with van der Waals surface area (Å²) in [7, 11) is -3.84. The first-order valence-corrected chi connectivity index (χ1v) is 14.3. The number of nitrogen functional groups attached to an aromatic ring is 1. The average Bonchev–Trinajstić information content (AvgIpc) is 3.47. The Morgan fingerprint density at radius 1 is 1.12 bits per heavy atom. The van der Waals surface area contributed by atoms with Gasteiger partial charge in [0.2, 0.25) is 5.88 Å². The molecule has 0 atom stereocenters. The van der Waals surface area contributed by atoms with Crippen molar-refractivity contribution in [3.8, 4) is 17.3 Å². The highest BCUT2D eigenvalue weighted by molar-refractivity contribution is 7.91. The van der Waals surface area contributed by atoms with Crippen LogP contribution in [-0.2, 0) is 26.8 Å². The third kappa shape index (κ3) is 5.73. The summed E-state index contributed by atoms with van der Waals surface area (Å²) in [5, 5.41) is 13.2. The maximum absolute atomic E-state index is 13.9. The van der Waals surface area contributed by atoms with Crippen LogP contribution in [-0.4, -0.2) is 45.8 Å². The van der Waals surface area contributed by atoms with Crippen LogP contribution < -0.4 is 10.5 Å². The molecule has 10 nitrogen and oxygen atoms in total. The van der Waals surface area contributed by atoms with Crippen molar-refractivity contribution in [2.75, 3.05) is 11.5 Å². The Hall–Kier alpha value is -4.84. The van der Waals surface area contributed by atoms with Crippen LogP contribution >= 0.6 is 0 Å². The molecule has 1 aliphatic carbocycles. The van der Waals surface area contributed by atoms with Crippen molar-refractivity contribution in [3.05, 3.63) is 99.6 Å². The predicted octanol–water partition coefficient (Wildman–Crippen LogP) is 4.22. The Kier molecular flexibility index (Phi) is 7.18. The van der Waals surface area contributed by atoms with Gasteiger partial charge < -0.3 is 15.6 Å². The van der Waals surface area contributed by atoms with Gasteiger partial charge in [-0.2, -0.15) is 5.10 Å². The number of carbonyl (C=O) groups excluding carboxylic acids is 1. The zero-order valence-corrected chi connectivity index (χ0v) is 22.9. The molecule has 5 rings (SSSR count). The van der Waals surface area contributed by atoms with E-state index in [2.05, 4.69) is 10.1 Å². The number of carboxylic acids is 1. The number of carbonyl (C=O) groups is 2. The number of rotatable bonds is 9. The molecule has 210 valence electrons. The van der Waals surface area contributed by atoms with Gasteiger partial charge in [0.25, 0.3) is 0 Å². The molecule has 0 amide bonds. The molecule has 2 aromatic heterocycles. The molecule has 0 bridgehead atoms. The Morgan fingerprint density at radius 3 is 2.59 bits per heavy atom. The Labute approximate surface area is 234 Å². The molecule has 4 aromatic rings. The standard InChI is InChI=1S/C29H25FN4O6S/c1-16-7-18-9-20(10-19(18)11-21(16)14-41(38,39)15-27(35)36)28(37)22-12-33-34(29(22)31)24-13-32-26(8-17(24)2)40-25-6-4-3-5-23(25)30/h3-9,11-13H,10,14-15,31H2,1-2H3,(H,35,36). The monoisotopic (exact) mass is 576 g/mol. The third-order valence-electron chi connectivity index (χ3n) is 6.71. The number of Topliss-reactive ketones (excluding diaryl/α,β-unsaturated/α-hetero) is 1. The van der Waals surface area contributed by atoms with Gasteiger partial charge in [-0.25, -0.2) is 22.5 Å². The molecular weight excluding hydrogens is 551 g/mol. The highest BCUT2D eigenvalue weighted by atomic mass is 32.2. The zero-order valence-electron chi connectivity index (χ0n) is 22.1. The predicted molar refractivity (Wildman–Crippen MR) is 149 cm³/mol. The van der Waals surface area contributed by atoms with E-state index >= 15 is 0 Å². The minimum atomic E-state index is -3.84. The van der Waals surface area contributed by atoms with Crippen molar-refractivity contribution in [3.63, 3.8) is 0 Å². The lowest BCUT2D eigenvalue weighted by Gasteiger charge is -2.11. The minimum Gasteiger partial charge on any atom is -0.480 e. The number of benzene rings is 2. The largest absolute Gasteiger partial charge is 0.480 e. The second kappa shape index (κ2) is 10.6. The number of halogens is 1. The number of allylic oxidation sites excluding steroid dienone is 1. The molecular formula is C29H25FN4O6S. The maximum Gasteiger partial charge on any atom is 0.318 e. The number of hydrogen-bond donors (Lipinski definition) is 2. The fourth-order valence-electron chi connectivity index (χ4n) is 4.67. The summed E-state index contributed by atoms with van der Waals surface area (Å²) < 4.78 is 45.3. The number of hydrogen-bond acceptors (Lipinski definition) is 8. The number of ether oxygens (including phenoxy) is 1. The smallest absolute Gasteiger partial charge is 0.318 e. The molecule has 0 spiro atoms. The summed E-state index contributed by atoms with van der Waals surface area (Å²) in [4.78, 5) is 28.6. The Balaban J connectivity index is 1.35. The average molecular weight is 577 g/mol. The summed E-state index contributed by atoms with van der Waals surface area (Å²) in [6, 6.07) is 11.1. The Morgan fingerprint density at radius 2 is 1.88 bits per heavy atom. The number of pyridine rings is 1. The molecule has 3 N–H and O–H groups in total. The number of aliphatic carboxylic acids is 1. The topological polar surface area (TPSA) is 154 Å². The van der Waals surface area contributed by atoms with Crippen LogP contribution in [0.5, 0.6) is 11.6 Å². The highest BCUT2D eigenvalue weighted by Crippen LogP contribution is 2.32. The number of para-hydroxylation sites is 1. The lowest BCUT2D eigenvalue weighted by molar-refractivity contribution is -0.134. The van der Waals surface area contributed by atoms with Gasteiger partial charge in [0.15, 0.2) is 27.2 Å². The van der Waals surface area contributed by atoms with E-state index in [4.69, 9.17) is 15.6 Å². The highest BCUT2D eigenvalue weighted by Gasteiger charge is 2.26. The summed E-state index contributed by atoms with van der Waals surface area (Å²) >= 11 is 0. The third-order valence-corrected chi connectivity index (χ3v) is 8.14. The number of aryl methyl sites for hydroxylation is 2. The van der Waals surface area contributed by atoms with E-state index in [1.807, 2.05) is 0 Å². The van der Waals surface area contributed by atoms with Gasteiger partial charge in [0.1, 0.15) is 11.6 Å². The van der Waals surface area contributed by atoms with Crippen molar-refractivity contribution in [2.45, 2.75) is 26.0 Å². The van der Waals surface area contributed by atoms with Crippen molar-refractivity contribution < 1.29 is 32.2 Å². The van der Waals surface area contributed by atoms with Crippen molar-refractivity contribution in [1.82, 2.24) is 14.8 Å². The van der Waals surface area contributed by atoms with Crippen molar-refractivity contribution in [1.29, 1.82) is 0 Å². The van der Waals surface area contributed by atoms with Gasteiger partial charge in [0, 0.05) is 18.1 Å². The van der Waals surface area contributed by atoms with Gasteiger partial charge in [-0.05, 0) is 59.9 Å². The summed E-state index contributed by atoms with van der Waals surface area (Å²) in [6.07, 6.45) is 4.84. The van der Waals surface area contributed by atoms with Crippen LogP contribution in [0.2, 0.25) is 0 Å². The maximum atomic E-state index is 13.9. The normalized spacial score (nSPS) is 12.6. The van der Waals surface area contributed by atoms with E-state index in [1.165, 1.54) is 29.2 Å². The molecule has 1 aliphatic rings. The first kappa shape index (κ1) is 27.7. The number of ketones is 1. The number of nitrogens with two attached hydrogens (primary N) is 1. The lowest BCUT2D eigenvalue weighted by atomic mass is 10.0. The van der Waals surface area contributed by atoms with E-state index in [1.54, 1.807) is 50.3 Å². The summed E-state index contributed by atoms with van der Waals surface area (Å²) in [6.45, 7) is 3.52. The first-order valence-electron chi connectivity index (χ1n) is 12.4. The van der Waals surface area contributed by atoms with Crippen LogP contribution in [0, 0.1) is 19.7 Å². The van der Waals surface area contributed by atoms with Crippen molar-refractivity contribution in [2.24, 2.45) is 0 Å². The van der Waals surface area contributed by atoms with E-state index < -0.39 is 33.1 Å². The SMILES string of the molecule is Cc1cc2c(cc1CS(=O)(=O)CC(=O)O)CC(C(=O)c1cnn(-c3cnc(Oc4ccccc4F)cc3C)c1N)=C2. The van der Waals surface area contributed by atoms with Gasteiger partial charge in [-0.15, -0.1) is 0 Å². The molecule has 0 aliphatic heterocycles. The minimum absolute atomic E-state index is 0.0358. The fourth-order valence-corrected chi connectivity index (χ4v) is 5.94. The van der Waals surface area contributed by atoms with Gasteiger partial charge in [0.05, 0.1) is 29.4 Å². The van der Waals surface area contributed by atoms with E-state index in [0.717, 1.165) is 11.1 Å². The molecule has 0 radical (unpaired) electrons. The lowest BCUT2D eigenvalue weighted by Crippen LogP contribution is -2.17. The number of carboxylic acid groups (broad SMARTS) is 1. The number of anilines is 1.